The second kappa shape index (κ2) is 12.7. The molecule has 0 bridgehead atoms. The van der Waals surface area contributed by atoms with Gasteiger partial charge in [-0.2, -0.15) is 0 Å². The standard InChI is InChI=1S/C28H31Cl2N3O4S/c1-5-26(28(35)31-4)32(17-21-11-12-22(29)16-25(21)30)27(34)18-33(23-14-19(2)13-20(3)15-23)38(36,37)24-9-7-6-8-10-24/h6-16,26H,5,17-18H2,1-4H3,(H,31,35)/t26-/m1/s1. The maximum Gasteiger partial charge on any atom is 0.264 e. The molecule has 0 spiro atoms. The first kappa shape index (κ1) is 29.5. The molecule has 0 saturated heterocycles. The van der Waals surface area contributed by atoms with E-state index in [1.807, 2.05) is 19.9 Å². The summed E-state index contributed by atoms with van der Waals surface area (Å²) in [5.74, 6) is -0.917. The number of rotatable bonds is 10. The maximum atomic E-state index is 13.9. The fraction of sp³-hybridized carbons (Fsp3) is 0.286. The Morgan fingerprint density at radius 1 is 0.947 bits per heavy atom. The third-order valence-corrected chi connectivity index (χ3v) is 8.47. The molecule has 3 aromatic carbocycles. The Morgan fingerprint density at radius 2 is 1.58 bits per heavy atom. The molecule has 1 atom stereocenters. The van der Waals surface area contributed by atoms with Gasteiger partial charge in [-0.3, -0.25) is 13.9 Å². The number of carbonyl (C=O) groups excluding carboxylic acids is 2. The van der Waals surface area contributed by atoms with Crippen molar-refractivity contribution in [1.29, 1.82) is 0 Å². The molecule has 7 nitrogen and oxygen atoms in total. The Labute approximate surface area is 234 Å². The van der Waals surface area contributed by atoms with Crippen molar-refractivity contribution >= 4 is 50.7 Å². The van der Waals surface area contributed by atoms with Crippen molar-refractivity contribution in [3.05, 3.63) is 93.5 Å². The van der Waals surface area contributed by atoms with Crippen molar-refractivity contribution in [3.8, 4) is 0 Å². The zero-order chi connectivity index (χ0) is 28.0. The average molecular weight is 577 g/mol. The Morgan fingerprint density at radius 3 is 2.13 bits per heavy atom. The number of nitrogens with one attached hydrogen (secondary N) is 1. The molecular formula is C28H31Cl2N3O4S. The van der Waals surface area contributed by atoms with E-state index in [1.54, 1.807) is 55.5 Å². The number of benzene rings is 3. The highest BCUT2D eigenvalue weighted by molar-refractivity contribution is 7.92. The summed E-state index contributed by atoms with van der Waals surface area (Å²) in [7, 11) is -2.63. The van der Waals surface area contributed by atoms with E-state index in [1.165, 1.54) is 24.1 Å². The minimum Gasteiger partial charge on any atom is -0.357 e. The van der Waals surface area contributed by atoms with E-state index in [-0.39, 0.29) is 17.3 Å². The van der Waals surface area contributed by atoms with Crippen molar-refractivity contribution in [2.45, 2.75) is 44.7 Å². The number of likely N-dealkylation sites (N-methyl/N-ethyl adjacent to an activating group) is 1. The highest BCUT2D eigenvalue weighted by Gasteiger charge is 2.33. The summed E-state index contributed by atoms with van der Waals surface area (Å²) in [6.45, 7) is 4.98. The fourth-order valence-electron chi connectivity index (χ4n) is 4.26. The minimum atomic E-state index is -4.12. The van der Waals surface area contributed by atoms with Crippen LogP contribution in [0.3, 0.4) is 0 Å². The van der Waals surface area contributed by atoms with Gasteiger partial charge in [0.05, 0.1) is 10.6 Å². The van der Waals surface area contributed by atoms with Crippen molar-refractivity contribution in [2.24, 2.45) is 0 Å². The Bertz CT molecular complexity index is 1390. The molecule has 0 aliphatic heterocycles. The van der Waals surface area contributed by atoms with Crippen molar-refractivity contribution < 1.29 is 18.0 Å². The summed E-state index contributed by atoms with van der Waals surface area (Å²) in [5.41, 5.74) is 2.64. The molecule has 10 heteroatoms. The predicted molar refractivity (Wildman–Crippen MR) is 152 cm³/mol. The molecule has 1 N–H and O–H groups in total. The van der Waals surface area contributed by atoms with Gasteiger partial charge in [-0.25, -0.2) is 8.42 Å². The first-order valence-electron chi connectivity index (χ1n) is 12.1. The topological polar surface area (TPSA) is 86.8 Å². The van der Waals surface area contributed by atoms with Crippen LogP contribution in [0.4, 0.5) is 5.69 Å². The number of halogens is 2. The van der Waals surface area contributed by atoms with Crippen LogP contribution >= 0.6 is 23.2 Å². The molecule has 0 aliphatic rings. The van der Waals surface area contributed by atoms with E-state index >= 15 is 0 Å². The number of carbonyl (C=O) groups is 2. The number of amides is 2. The number of hydrogen-bond donors (Lipinski definition) is 1. The lowest BCUT2D eigenvalue weighted by Crippen LogP contribution is -2.51. The van der Waals surface area contributed by atoms with Gasteiger partial charge >= 0.3 is 0 Å². The van der Waals surface area contributed by atoms with E-state index in [0.29, 0.717) is 27.7 Å². The number of hydrogen-bond acceptors (Lipinski definition) is 4. The molecule has 0 unspecified atom stereocenters. The third kappa shape index (κ3) is 6.87. The number of nitrogens with zero attached hydrogens (tertiary/aromatic N) is 2. The largest absolute Gasteiger partial charge is 0.357 e. The summed E-state index contributed by atoms with van der Waals surface area (Å²) in [6.07, 6.45) is 0.311. The van der Waals surface area contributed by atoms with Crippen molar-refractivity contribution in [3.63, 3.8) is 0 Å². The second-order valence-corrected chi connectivity index (χ2v) is 11.7. The Balaban J connectivity index is 2.10. The normalized spacial score (nSPS) is 12.1. The van der Waals surface area contributed by atoms with E-state index in [0.717, 1.165) is 15.4 Å². The first-order chi connectivity index (χ1) is 18.0. The van der Waals surface area contributed by atoms with Gasteiger partial charge in [-0.15, -0.1) is 0 Å². The van der Waals surface area contributed by atoms with Crippen LogP contribution in [0.25, 0.3) is 0 Å². The number of sulfonamides is 1. The van der Waals surface area contributed by atoms with Crippen molar-refractivity contribution in [2.75, 3.05) is 17.9 Å². The second-order valence-electron chi connectivity index (χ2n) is 8.97. The molecule has 38 heavy (non-hydrogen) atoms. The van der Waals surface area contributed by atoms with Crippen LogP contribution in [0.15, 0.2) is 71.6 Å². The monoisotopic (exact) mass is 575 g/mol. The van der Waals surface area contributed by atoms with Crippen LogP contribution in [0.5, 0.6) is 0 Å². The van der Waals surface area contributed by atoms with E-state index < -0.39 is 28.5 Å². The lowest BCUT2D eigenvalue weighted by Gasteiger charge is -2.33. The van der Waals surface area contributed by atoms with Crippen LogP contribution in [0.2, 0.25) is 10.0 Å². The molecule has 0 saturated carbocycles. The van der Waals surface area contributed by atoms with Gasteiger partial charge in [-0.1, -0.05) is 60.5 Å². The van der Waals surface area contributed by atoms with E-state index in [2.05, 4.69) is 5.32 Å². The first-order valence-corrected chi connectivity index (χ1v) is 14.3. The molecule has 0 fully saturated rings. The van der Waals surface area contributed by atoms with E-state index in [9.17, 15) is 18.0 Å². The molecule has 0 heterocycles. The lowest BCUT2D eigenvalue weighted by atomic mass is 10.1. The minimum absolute atomic E-state index is 0.00711. The summed E-state index contributed by atoms with van der Waals surface area (Å²) < 4.78 is 28.8. The van der Waals surface area contributed by atoms with Crippen LogP contribution in [-0.4, -0.2) is 44.8 Å². The van der Waals surface area contributed by atoms with Gasteiger partial charge in [0.2, 0.25) is 11.8 Å². The van der Waals surface area contributed by atoms with E-state index in [4.69, 9.17) is 23.2 Å². The molecular weight excluding hydrogens is 545 g/mol. The number of aryl methyl sites for hydroxylation is 2. The number of anilines is 1. The Kier molecular flexibility index (Phi) is 9.82. The third-order valence-electron chi connectivity index (χ3n) is 6.09. The van der Waals surface area contributed by atoms with Crippen LogP contribution in [0, 0.1) is 13.8 Å². The quantitative estimate of drug-likeness (QED) is 0.352. The molecule has 3 rings (SSSR count). The van der Waals surface area contributed by atoms with Crippen LogP contribution in [0.1, 0.15) is 30.0 Å². The van der Waals surface area contributed by atoms with Gasteiger partial charge in [-0.05, 0) is 73.4 Å². The smallest absolute Gasteiger partial charge is 0.264 e. The predicted octanol–water partition coefficient (Wildman–Crippen LogP) is 5.36. The van der Waals surface area contributed by atoms with Gasteiger partial charge in [0.1, 0.15) is 12.6 Å². The van der Waals surface area contributed by atoms with Crippen LogP contribution in [-0.2, 0) is 26.2 Å². The highest BCUT2D eigenvalue weighted by atomic mass is 35.5. The summed E-state index contributed by atoms with van der Waals surface area (Å²) in [6, 6.07) is 17.4. The molecule has 2 amide bonds. The summed E-state index contributed by atoms with van der Waals surface area (Å²) in [4.78, 5) is 28.2. The van der Waals surface area contributed by atoms with Gasteiger partial charge < -0.3 is 10.2 Å². The fourth-order valence-corrected chi connectivity index (χ4v) is 6.15. The molecule has 0 aromatic heterocycles. The average Bonchev–Trinajstić information content (AvgIpc) is 2.87. The molecule has 202 valence electrons. The maximum absolute atomic E-state index is 13.9. The van der Waals surface area contributed by atoms with Crippen molar-refractivity contribution in [1.82, 2.24) is 10.2 Å². The summed E-state index contributed by atoms with van der Waals surface area (Å²) in [5, 5.41) is 3.37. The molecule has 3 aromatic rings. The molecule has 0 aliphatic carbocycles. The van der Waals surface area contributed by atoms with Gasteiger partial charge in [0.25, 0.3) is 10.0 Å². The highest BCUT2D eigenvalue weighted by Crippen LogP contribution is 2.28. The van der Waals surface area contributed by atoms with Gasteiger partial charge in [0.15, 0.2) is 0 Å². The Hall–Kier alpha value is -3.07. The SMILES string of the molecule is CC[C@H](C(=O)NC)N(Cc1ccc(Cl)cc1Cl)C(=O)CN(c1cc(C)cc(C)c1)S(=O)(=O)c1ccccc1. The zero-order valence-corrected chi connectivity index (χ0v) is 24.1. The van der Waals surface area contributed by atoms with Crippen LogP contribution < -0.4 is 9.62 Å². The zero-order valence-electron chi connectivity index (χ0n) is 21.7. The summed E-state index contributed by atoms with van der Waals surface area (Å²) >= 11 is 12.4. The molecule has 0 radical (unpaired) electrons. The lowest BCUT2D eigenvalue weighted by molar-refractivity contribution is -0.140. The van der Waals surface area contributed by atoms with Gasteiger partial charge in [0, 0.05) is 23.6 Å².